The highest BCUT2D eigenvalue weighted by Gasteiger charge is 2.26. The lowest BCUT2D eigenvalue weighted by atomic mass is 9.96. The molecule has 1 aliphatic carbocycles. The normalized spacial score (nSPS) is 16.6. The van der Waals surface area contributed by atoms with Crippen molar-refractivity contribution in [3.05, 3.63) is 35.5 Å². The first kappa shape index (κ1) is 11.5. The molecule has 3 rings (SSSR count). The van der Waals surface area contributed by atoms with Crippen LogP contribution in [0.5, 0.6) is 0 Å². The average Bonchev–Trinajstić information content (AvgIpc) is 2.97. The second-order valence-corrected chi connectivity index (χ2v) is 5.52. The number of rotatable bonds is 2. The summed E-state index contributed by atoms with van der Waals surface area (Å²) in [7, 11) is 2.02. The fourth-order valence-electron chi connectivity index (χ4n) is 3.10. The Kier molecular flexibility index (Phi) is 2.73. The largest absolute Gasteiger partial charge is 0.350 e. The van der Waals surface area contributed by atoms with Crippen molar-refractivity contribution in [1.82, 2.24) is 4.57 Å². The molecule has 1 aliphatic rings. The van der Waals surface area contributed by atoms with E-state index in [9.17, 15) is 4.79 Å². The fraction of sp³-hybridized carbons (Fsp3) is 0.438. The van der Waals surface area contributed by atoms with E-state index >= 15 is 0 Å². The highest BCUT2D eigenvalue weighted by Crippen LogP contribution is 2.31. The molecular weight excluding hydrogens is 222 g/mol. The molecule has 0 spiro atoms. The molecule has 1 fully saturated rings. The van der Waals surface area contributed by atoms with Crippen LogP contribution in [0.2, 0.25) is 0 Å². The zero-order chi connectivity index (χ0) is 12.7. The molecule has 94 valence electrons. The van der Waals surface area contributed by atoms with E-state index in [1.54, 1.807) is 0 Å². The number of hydrogen-bond donors (Lipinski definition) is 0. The fourth-order valence-corrected chi connectivity index (χ4v) is 3.10. The summed E-state index contributed by atoms with van der Waals surface area (Å²) in [5.41, 5.74) is 3.32. The average molecular weight is 241 g/mol. The number of aromatic nitrogens is 1. The van der Waals surface area contributed by atoms with Gasteiger partial charge in [0, 0.05) is 35.6 Å². The molecule has 0 saturated heterocycles. The van der Waals surface area contributed by atoms with E-state index in [2.05, 4.69) is 29.7 Å². The lowest BCUT2D eigenvalue weighted by Crippen LogP contribution is -2.10. The van der Waals surface area contributed by atoms with Crippen molar-refractivity contribution in [3.8, 4) is 0 Å². The molecule has 2 heteroatoms. The third kappa shape index (κ3) is 1.76. The molecule has 2 aromatic rings. The summed E-state index contributed by atoms with van der Waals surface area (Å²) in [5, 5.41) is 1.11. The molecule has 0 unspecified atom stereocenters. The van der Waals surface area contributed by atoms with Crippen LogP contribution in [0.1, 0.15) is 41.6 Å². The van der Waals surface area contributed by atoms with Crippen LogP contribution in [0.15, 0.2) is 24.4 Å². The van der Waals surface area contributed by atoms with E-state index in [4.69, 9.17) is 0 Å². The summed E-state index contributed by atoms with van der Waals surface area (Å²) in [6, 6.07) is 6.33. The van der Waals surface area contributed by atoms with Crippen molar-refractivity contribution in [2.75, 3.05) is 0 Å². The SMILES string of the molecule is Cc1ccc2c(C(=O)C3CCCC3)cn(C)c2c1. The lowest BCUT2D eigenvalue weighted by molar-refractivity contribution is 0.0924. The minimum Gasteiger partial charge on any atom is -0.350 e. The number of carbonyl (C=O) groups excluding carboxylic acids is 1. The summed E-state index contributed by atoms with van der Waals surface area (Å²) in [6.45, 7) is 2.09. The second kappa shape index (κ2) is 4.27. The molecule has 0 N–H and O–H groups in total. The van der Waals surface area contributed by atoms with Crippen LogP contribution in [-0.4, -0.2) is 10.4 Å². The van der Waals surface area contributed by atoms with Crippen LogP contribution in [0.4, 0.5) is 0 Å². The van der Waals surface area contributed by atoms with Gasteiger partial charge in [0.2, 0.25) is 0 Å². The molecule has 0 amide bonds. The number of carbonyl (C=O) groups is 1. The molecule has 18 heavy (non-hydrogen) atoms. The number of fused-ring (bicyclic) bond motifs is 1. The first-order valence-corrected chi connectivity index (χ1v) is 6.77. The van der Waals surface area contributed by atoms with Gasteiger partial charge in [-0.15, -0.1) is 0 Å². The number of Topliss-reactive ketones (excluding diaryl/α,β-unsaturated/α-hetero) is 1. The Bertz CT molecular complexity index is 603. The van der Waals surface area contributed by atoms with Gasteiger partial charge in [0.15, 0.2) is 5.78 Å². The summed E-state index contributed by atoms with van der Waals surface area (Å²) in [5.74, 6) is 0.610. The Morgan fingerprint density at radius 1 is 1.28 bits per heavy atom. The van der Waals surface area contributed by atoms with E-state index < -0.39 is 0 Å². The first-order chi connectivity index (χ1) is 8.66. The van der Waals surface area contributed by atoms with Crippen molar-refractivity contribution in [3.63, 3.8) is 0 Å². The van der Waals surface area contributed by atoms with Crippen molar-refractivity contribution in [2.45, 2.75) is 32.6 Å². The van der Waals surface area contributed by atoms with Crippen LogP contribution in [0.25, 0.3) is 10.9 Å². The molecule has 0 radical (unpaired) electrons. The Hall–Kier alpha value is -1.57. The Morgan fingerprint density at radius 3 is 2.72 bits per heavy atom. The number of aryl methyl sites for hydroxylation is 2. The van der Waals surface area contributed by atoms with Gasteiger partial charge >= 0.3 is 0 Å². The van der Waals surface area contributed by atoms with Gasteiger partial charge in [0.05, 0.1) is 0 Å². The molecule has 0 aliphatic heterocycles. The van der Waals surface area contributed by atoms with E-state index in [1.165, 1.54) is 18.4 Å². The standard InChI is InChI=1S/C16H19NO/c1-11-7-8-13-14(10-17(2)15(13)9-11)16(18)12-5-3-4-6-12/h7-10,12H,3-6H2,1-2H3. The highest BCUT2D eigenvalue weighted by molar-refractivity contribution is 6.09. The van der Waals surface area contributed by atoms with Gasteiger partial charge in [-0.3, -0.25) is 4.79 Å². The Labute approximate surface area is 108 Å². The van der Waals surface area contributed by atoms with Gasteiger partial charge in [0.25, 0.3) is 0 Å². The lowest BCUT2D eigenvalue weighted by Gasteiger charge is -2.06. The monoisotopic (exact) mass is 241 g/mol. The van der Waals surface area contributed by atoms with Crippen molar-refractivity contribution in [1.29, 1.82) is 0 Å². The predicted molar refractivity (Wildman–Crippen MR) is 73.9 cm³/mol. The molecule has 1 aromatic heterocycles. The third-order valence-corrected chi connectivity index (χ3v) is 4.14. The van der Waals surface area contributed by atoms with Crippen molar-refractivity contribution >= 4 is 16.7 Å². The van der Waals surface area contributed by atoms with Crippen LogP contribution < -0.4 is 0 Å². The Morgan fingerprint density at radius 2 is 2.00 bits per heavy atom. The van der Waals surface area contributed by atoms with Crippen molar-refractivity contribution in [2.24, 2.45) is 13.0 Å². The maximum Gasteiger partial charge on any atom is 0.168 e. The number of hydrogen-bond acceptors (Lipinski definition) is 1. The van der Waals surface area contributed by atoms with E-state index in [-0.39, 0.29) is 5.92 Å². The topological polar surface area (TPSA) is 22.0 Å². The zero-order valence-electron chi connectivity index (χ0n) is 11.1. The summed E-state index contributed by atoms with van der Waals surface area (Å²) in [4.78, 5) is 12.5. The van der Waals surface area contributed by atoms with Crippen molar-refractivity contribution < 1.29 is 4.79 Å². The molecule has 0 atom stereocenters. The van der Waals surface area contributed by atoms with E-state index in [0.717, 1.165) is 29.3 Å². The smallest absolute Gasteiger partial charge is 0.168 e. The van der Waals surface area contributed by atoms with Crippen LogP contribution in [-0.2, 0) is 7.05 Å². The predicted octanol–water partition coefficient (Wildman–Crippen LogP) is 3.86. The van der Waals surface area contributed by atoms with Gasteiger partial charge in [-0.1, -0.05) is 25.0 Å². The maximum atomic E-state index is 12.5. The zero-order valence-corrected chi connectivity index (χ0v) is 11.1. The third-order valence-electron chi connectivity index (χ3n) is 4.14. The minimum absolute atomic E-state index is 0.261. The van der Waals surface area contributed by atoms with Gasteiger partial charge in [0.1, 0.15) is 0 Å². The number of benzene rings is 1. The van der Waals surface area contributed by atoms with Gasteiger partial charge < -0.3 is 4.57 Å². The maximum absolute atomic E-state index is 12.5. The number of nitrogens with zero attached hydrogens (tertiary/aromatic N) is 1. The van der Waals surface area contributed by atoms with Gasteiger partial charge in [-0.05, 0) is 31.4 Å². The van der Waals surface area contributed by atoms with Gasteiger partial charge in [-0.2, -0.15) is 0 Å². The van der Waals surface area contributed by atoms with Crippen LogP contribution in [0, 0.1) is 12.8 Å². The van der Waals surface area contributed by atoms with Crippen LogP contribution >= 0.6 is 0 Å². The summed E-state index contributed by atoms with van der Waals surface area (Å²) < 4.78 is 2.07. The van der Waals surface area contributed by atoms with Crippen LogP contribution in [0.3, 0.4) is 0 Å². The number of ketones is 1. The minimum atomic E-state index is 0.261. The summed E-state index contributed by atoms with van der Waals surface area (Å²) >= 11 is 0. The first-order valence-electron chi connectivity index (χ1n) is 6.77. The van der Waals surface area contributed by atoms with E-state index in [1.807, 2.05) is 13.2 Å². The second-order valence-electron chi connectivity index (χ2n) is 5.52. The molecule has 1 saturated carbocycles. The molecular formula is C16H19NO. The summed E-state index contributed by atoms with van der Waals surface area (Å²) in [6.07, 6.45) is 6.56. The quantitative estimate of drug-likeness (QED) is 0.732. The Balaban J connectivity index is 2.09. The molecule has 0 bridgehead atoms. The molecule has 2 nitrogen and oxygen atoms in total. The highest BCUT2D eigenvalue weighted by atomic mass is 16.1. The van der Waals surface area contributed by atoms with E-state index in [0.29, 0.717) is 5.78 Å². The molecule has 1 heterocycles. The van der Waals surface area contributed by atoms with Gasteiger partial charge in [-0.25, -0.2) is 0 Å². The molecule has 1 aromatic carbocycles.